The van der Waals surface area contributed by atoms with Gasteiger partial charge in [-0.25, -0.2) is 4.98 Å². The van der Waals surface area contributed by atoms with Crippen molar-refractivity contribution >= 4 is 76.1 Å². The van der Waals surface area contributed by atoms with E-state index in [0.29, 0.717) is 17.6 Å². The van der Waals surface area contributed by atoms with Crippen LogP contribution < -0.4 is 0 Å². The Balaban J connectivity index is 0.896. The van der Waals surface area contributed by atoms with Crippen molar-refractivity contribution in [2.75, 3.05) is 0 Å². The number of furan rings is 1. The number of hydrogen-bond acceptors (Lipinski definition) is 4. The summed E-state index contributed by atoms with van der Waals surface area (Å²) in [6.45, 7) is 4.68. The highest BCUT2D eigenvalue weighted by molar-refractivity contribution is 6.29. The van der Waals surface area contributed by atoms with Crippen molar-refractivity contribution in [3.63, 3.8) is 0 Å². The van der Waals surface area contributed by atoms with Gasteiger partial charge in [-0.1, -0.05) is 178 Å². The molecule has 0 atom stereocenters. The molecule has 0 spiro atoms. The number of aromatic nitrogens is 4. The van der Waals surface area contributed by atoms with Crippen LogP contribution in [-0.4, -0.2) is 19.5 Å². The molecule has 71 heavy (non-hydrogen) atoms. The monoisotopic (exact) mass is 906 g/mol. The zero-order valence-electron chi connectivity index (χ0n) is 39.0. The summed E-state index contributed by atoms with van der Waals surface area (Å²) in [5, 5.41) is 11.7. The van der Waals surface area contributed by atoms with Crippen molar-refractivity contribution in [2.24, 2.45) is 0 Å². The van der Waals surface area contributed by atoms with E-state index < -0.39 is 0 Å². The van der Waals surface area contributed by atoms with E-state index in [0.717, 1.165) is 66.0 Å². The van der Waals surface area contributed by atoms with Crippen LogP contribution in [0, 0.1) is 0 Å². The van der Waals surface area contributed by atoms with Crippen molar-refractivity contribution in [3.05, 3.63) is 230 Å². The third-order valence-electron chi connectivity index (χ3n) is 15.2. The number of benzene rings is 11. The first-order valence-electron chi connectivity index (χ1n) is 24.3. The smallest absolute Gasteiger partial charge is 0.238 e. The summed E-state index contributed by atoms with van der Waals surface area (Å²) in [4.78, 5) is 15.5. The number of fused-ring (bicyclic) bond motifs is 15. The average Bonchev–Trinajstić information content (AvgIpc) is 4.05. The summed E-state index contributed by atoms with van der Waals surface area (Å²) in [7, 11) is 0. The Morgan fingerprint density at radius 1 is 0.324 bits per heavy atom. The van der Waals surface area contributed by atoms with Gasteiger partial charge in [0.05, 0.1) is 11.0 Å². The molecule has 1 aliphatic carbocycles. The first-order chi connectivity index (χ1) is 34.9. The minimum Gasteiger partial charge on any atom is -0.456 e. The topological polar surface area (TPSA) is 56.7 Å². The number of nitrogens with zero attached hydrogens (tertiary/aromatic N) is 4. The Bertz CT molecular complexity index is 4490. The molecule has 0 radical (unpaired) electrons. The molecule has 5 nitrogen and oxygen atoms in total. The largest absolute Gasteiger partial charge is 0.456 e. The maximum absolute atomic E-state index is 6.50. The molecule has 0 fully saturated rings. The molecule has 0 aliphatic heterocycles. The lowest BCUT2D eigenvalue weighted by Gasteiger charge is -2.22. The second-order valence-corrected chi connectivity index (χ2v) is 19.5. The minimum atomic E-state index is -0.0670. The second kappa shape index (κ2) is 14.9. The highest BCUT2D eigenvalue weighted by Crippen LogP contribution is 2.50. The van der Waals surface area contributed by atoms with Crippen LogP contribution in [0.2, 0.25) is 0 Å². The van der Waals surface area contributed by atoms with E-state index >= 15 is 0 Å². The summed E-state index contributed by atoms with van der Waals surface area (Å²) in [6, 6.07) is 78.6. The average molecular weight is 907 g/mol. The van der Waals surface area contributed by atoms with E-state index in [1.54, 1.807) is 0 Å². The lowest BCUT2D eigenvalue weighted by molar-refractivity contribution is 0.660. The van der Waals surface area contributed by atoms with E-state index in [4.69, 9.17) is 19.4 Å². The van der Waals surface area contributed by atoms with Gasteiger partial charge in [0.25, 0.3) is 0 Å². The molecule has 11 aromatic carbocycles. The van der Waals surface area contributed by atoms with Crippen LogP contribution in [0.1, 0.15) is 25.0 Å². The Morgan fingerprint density at radius 3 is 1.49 bits per heavy atom. The maximum Gasteiger partial charge on any atom is 0.238 e. The zero-order valence-corrected chi connectivity index (χ0v) is 39.0. The van der Waals surface area contributed by atoms with Crippen LogP contribution in [0.3, 0.4) is 0 Å². The molecule has 3 aromatic heterocycles. The molecule has 15 rings (SSSR count). The normalized spacial score (nSPS) is 13.0. The number of hydrogen-bond donors (Lipinski definition) is 0. The maximum atomic E-state index is 6.50. The first kappa shape index (κ1) is 39.8. The Morgan fingerprint density at radius 2 is 0.817 bits per heavy atom. The van der Waals surface area contributed by atoms with Crippen LogP contribution in [0.15, 0.2) is 223 Å². The molecule has 14 aromatic rings. The molecule has 0 saturated carbocycles. The fraction of sp³-hybridized carbons (Fsp3) is 0.0455. The van der Waals surface area contributed by atoms with E-state index in [9.17, 15) is 0 Å². The molecule has 1 aliphatic rings. The second-order valence-electron chi connectivity index (χ2n) is 19.5. The molecule has 0 amide bonds. The highest BCUT2D eigenvalue weighted by atomic mass is 16.3. The fourth-order valence-corrected chi connectivity index (χ4v) is 11.7. The van der Waals surface area contributed by atoms with E-state index in [1.807, 2.05) is 36.4 Å². The van der Waals surface area contributed by atoms with Crippen LogP contribution in [-0.2, 0) is 5.41 Å². The Labute approximate surface area is 409 Å². The number of para-hydroxylation sites is 1. The molecular formula is C66H42N4O. The van der Waals surface area contributed by atoms with Crippen LogP contribution in [0.5, 0.6) is 0 Å². The van der Waals surface area contributed by atoms with Gasteiger partial charge in [0.2, 0.25) is 5.95 Å². The Hall–Kier alpha value is -9.19. The van der Waals surface area contributed by atoms with Gasteiger partial charge in [0.15, 0.2) is 11.6 Å². The predicted molar refractivity (Wildman–Crippen MR) is 293 cm³/mol. The first-order valence-corrected chi connectivity index (χ1v) is 24.3. The van der Waals surface area contributed by atoms with Gasteiger partial charge in [-0.3, -0.25) is 4.57 Å². The van der Waals surface area contributed by atoms with Gasteiger partial charge in [0, 0.05) is 38.1 Å². The van der Waals surface area contributed by atoms with Crippen LogP contribution >= 0.6 is 0 Å². The zero-order chi connectivity index (χ0) is 47.0. The van der Waals surface area contributed by atoms with Crippen LogP contribution in [0.25, 0.3) is 138 Å². The highest BCUT2D eigenvalue weighted by Gasteiger charge is 2.35. The van der Waals surface area contributed by atoms with Gasteiger partial charge in [0.1, 0.15) is 11.2 Å². The lowest BCUT2D eigenvalue weighted by Crippen LogP contribution is -2.14. The summed E-state index contributed by atoms with van der Waals surface area (Å²) in [5.41, 5.74) is 15.8. The molecule has 0 bridgehead atoms. The summed E-state index contributed by atoms with van der Waals surface area (Å²) in [6.07, 6.45) is 0. The third-order valence-corrected chi connectivity index (χ3v) is 15.2. The summed E-state index contributed by atoms with van der Waals surface area (Å²) >= 11 is 0. The lowest BCUT2D eigenvalue weighted by atomic mass is 9.81. The molecular weight excluding hydrogens is 865 g/mol. The van der Waals surface area contributed by atoms with Crippen molar-refractivity contribution in [1.29, 1.82) is 0 Å². The molecule has 3 heterocycles. The SMILES string of the molecule is CC1(C)c2ccccc2-c2ccc(-c3ccc4oc5ccc(-c6ccc7c(c6)c6ccccc6c6cc8c9ccccc9n(-c9nc(-c%10ccccc%10)nc(-c%10ccccc%10)n9)c8cc76)cc5c4c3)cc21. The van der Waals surface area contributed by atoms with Crippen molar-refractivity contribution in [2.45, 2.75) is 19.3 Å². The molecule has 332 valence electrons. The molecule has 0 saturated heterocycles. The van der Waals surface area contributed by atoms with Gasteiger partial charge in [-0.15, -0.1) is 0 Å². The van der Waals surface area contributed by atoms with Crippen molar-refractivity contribution in [3.8, 4) is 62.1 Å². The van der Waals surface area contributed by atoms with E-state index in [-0.39, 0.29) is 5.41 Å². The van der Waals surface area contributed by atoms with Crippen molar-refractivity contribution < 1.29 is 4.42 Å². The standard InChI is InChI=1S/C66H42N4O/c1-66(2)57-23-13-11-21-48(57)49-30-26-44(36-58(49)66)43-28-32-62-56(35-43)55-34-42(27-31-61(55)71-62)41-25-29-47-51(33-41)45-19-9-10-20-46(45)52-37-54-50-22-12-14-24-59(50)70(60(54)38-53(47)52)65-68-63(39-15-5-3-6-16-39)67-64(69-65)40-17-7-4-8-18-40/h3-38H,1-2H3. The van der Waals surface area contributed by atoms with E-state index in [1.165, 1.54) is 65.7 Å². The van der Waals surface area contributed by atoms with E-state index in [2.05, 4.69) is 200 Å². The van der Waals surface area contributed by atoms with Crippen molar-refractivity contribution in [1.82, 2.24) is 19.5 Å². The quantitative estimate of drug-likeness (QED) is 0.161. The Kier molecular flexibility index (Phi) is 8.35. The van der Waals surface area contributed by atoms with Gasteiger partial charge < -0.3 is 4.42 Å². The third kappa shape index (κ3) is 5.96. The molecule has 5 heteroatoms. The summed E-state index contributed by atoms with van der Waals surface area (Å²) < 4.78 is 8.72. The minimum absolute atomic E-state index is 0.0670. The molecule has 0 unspecified atom stereocenters. The van der Waals surface area contributed by atoms with Gasteiger partial charge in [-0.05, 0) is 131 Å². The van der Waals surface area contributed by atoms with Crippen LogP contribution in [0.4, 0.5) is 0 Å². The fourth-order valence-electron chi connectivity index (χ4n) is 11.7. The van der Waals surface area contributed by atoms with Gasteiger partial charge >= 0.3 is 0 Å². The summed E-state index contributed by atoms with van der Waals surface area (Å²) in [5.74, 6) is 1.83. The van der Waals surface area contributed by atoms with Gasteiger partial charge in [-0.2, -0.15) is 9.97 Å². The number of rotatable bonds is 5. The molecule has 0 N–H and O–H groups in total. The predicted octanol–water partition coefficient (Wildman–Crippen LogP) is 17.3.